The molecule has 1 aliphatic rings. The standard InChI is InChI=1S/C10H19NOS.C9H11Br.3CH4.Y/c1-8(2)11-6-4-10(5-7-11)13-9(3)12;1-7(2)8-4-3-5-9(10)6-8;;;;/h8,10H,4-7H2,1-3H3;3-7H,1-2H3;3*1H4;. The predicted molar refractivity (Wildman–Crippen MR) is 126 cm³/mol. The van der Waals surface area contributed by atoms with E-state index < -0.39 is 0 Å². The average molecular weight is 537 g/mol. The maximum atomic E-state index is 10.9. The van der Waals surface area contributed by atoms with Gasteiger partial charge in [-0.05, 0) is 63.4 Å². The SMILES string of the molecule is C.C.C.CC(=O)SC1CCN(C(C)C)CC1.CC(C)c1cccc(Br)c1.[Y]. The van der Waals surface area contributed by atoms with Crippen LogP contribution in [0, 0.1) is 0 Å². The first kappa shape index (κ1) is 35.2. The summed E-state index contributed by atoms with van der Waals surface area (Å²) in [5.41, 5.74) is 1.38. The largest absolute Gasteiger partial charge is 0.301 e. The van der Waals surface area contributed by atoms with Crippen molar-refractivity contribution in [3.63, 3.8) is 0 Å². The molecule has 1 aromatic rings. The molecule has 157 valence electrons. The van der Waals surface area contributed by atoms with E-state index in [1.54, 1.807) is 6.92 Å². The Hall–Kier alpha value is 0.784. The second-order valence-corrected chi connectivity index (χ2v) is 9.04. The zero-order valence-electron chi connectivity index (χ0n) is 15.6. The van der Waals surface area contributed by atoms with Crippen molar-refractivity contribution in [2.75, 3.05) is 13.1 Å². The van der Waals surface area contributed by atoms with Gasteiger partial charge in [0, 0.05) is 55.4 Å². The third-order valence-electron chi connectivity index (χ3n) is 4.05. The minimum Gasteiger partial charge on any atom is -0.301 e. The molecule has 0 N–H and O–H groups in total. The summed E-state index contributed by atoms with van der Waals surface area (Å²) in [7, 11) is 0. The van der Waals surface area contributed by atoms with Crippen molar-refractivity contribution in [3.8, 4) is 0 Å². The number of benzene rings is 1. The summed E-state index contributed by atoms with van der Waals surface area (Å²) >= 11 is 4.95. The third kappa shape index (κ3) is 15.3. The zero-order chi connectivity index (χ0) is 17.4. The van der Waals surface area contributed by atoms with Crippen LogP contribution in [-0.4, -0.2) is 34.4 Å². The van der Waals surface area contributed by atoms with Crippen LogP contribution in [0.3, 0.4) is 0 Å². The van der Waals surface area contributed by atoms with Gasteiger partial charge in [0.1, 0.15) is 0 Å². The van der Waals surface area contributed by atoms with E-state index in [9.17, 15) is 4.79 Å². The van der Waals surface area contributed by atoms with Crippen LogP contribution in [0.2, 0.25) is 0 Å². The molecule has 0 saturated carbocycles. The normalized spacial score (nSPS) is 13.9. The molecule has 5 heteroatoms. The summed E-state index contributed by atoms with van der Waals surface area (Å²) in [5, 5.41) is 0.843. The van der Waals surface area contributed by atoms with Gasteiger partial charge in [-0.2, -0.15) is 0 Å². The Morgan fingerprint density at radius 3 is 1.96 bits per heavy atom. The summed E-state index contributed by atoms with van der Waals surface area (Å²) in [6, 6.07) is 9.08. The Morgan fingerprint density at radius 2 is 1.63 bits per heavy atom. The number of carbonyl (C=O) groups is 1. The van der Waals surface area contributed by atoms with Crippen molar-refractivity contribution < 1.29 is 37.5 Å². The predicted octanol–water partition coefficient (Wildman–Crippen LogP) is 7.62. The molecule has 1 aromatic carbocycles. The van der Waals surface area contributed by atoms with Gasteiger partial charge in [0.15, 0.2) is 5.12 Å². The number of likely N-dealkylation sites (tertiary alicyclic amines) is 1. The number of rotatable bonds is 3. The molecule has 1 heterocycles. The number of piperidine rings is 1. The van der Waals surface area contributed by atoms with Crippen LogP contribution in [0.25, 0.3) is 0 Å². The van der Waals surface area contributed by atoms with Crippen molar-refractivity contribution in [2.45, 2.75) is 86.9 Å². The molecule has 27 heavy (non-hydrogen) atoms. The fourth-order valence-electron chi connectivity index (χ4n) is 2.61. The van der Waals surface area contributed by atoms with Gasteiger partial charge in [0.2, 0.25) is 0 Å². The monoisotopic (exact) mass is 536 g/mol. The van der Waals surface area contributed by atoms with E-state index in [4.69, 9.17) is 0 Å². The Bertz CT molecular complexity index is 489. The molecule has 0 atom stereocenters. The topological polar surface area (TPSA) is 20.3 Å². The van der Waals surface area contributed by atoms with Gasteiger partial charge in [0.25, 0.3) is 0 Å². The smallest absolute Gasteiger partial charge is 0.186 e. The Labute approximate surface area is 208 Å². The van der Waals surface area contributed by atoms with Gasteiger partial charge in [-0.25, -0.2) is 0 Å². The molecule has 0 aliphatic carbocycles. The van der Waals surface area contributed by atoms with Gasteiger partial charge >= 0.3 is 0 Å². The van der Waals surface area contributed by atoms with Crippen LogP contribution >= 0.6 is 27.7 Å². The Morgan fingerprint density at radius 1 is 1.11 bits per heavy atom. The first-order chi connectivity index (χ1) is 10.8. The molecule has 0 bridgehead atoms. The van der Waals surface area contributed by atoms with Crippen LogP contribution in [0.1, 0.15) is 81.2 Å². The minimum absolute atomic E-state index is 0. The van der Waals surface area contributed by atoms with Gasteiger partial charge < -0.3 is 4.90 Å². The Kier molecular flexibility index (Phi) is 24.5. The van der Waals surface area contributed by atoms with E-state index in [1.165, 1.54) is 34.6 Å². The molecular weight excluding hydrogens is 495 g/mol. The van der Waals surface area contributed by atoms with Crippen molar-refractivity contribution in [2.24, 2.45) is 0 Å². The molecule has 1 aliphatic heterocycles. The second-order valence-electron chi connectivity index (χ2n) is 6.65. The fraction of sp³-hybridized carbons (Fsp3) is 0.682. The summed E-state index contributed by atoms with van der Waals surface area (Å²) in [6.07, 6.45) is 2.34. The minimum atomic E-state index is 0. The quantitative estimate of drug-likeness (QED) is 0.396. The van der Waals surface area contributed by atoms with Gasteiger partial charge in [0.05, 0.1) is 0 Å². The van der Waals surface area contributed by atoms with Crippen LogP contribution < -0.4 is 0 Å². The molecule has 0 unspecified atom stereocenters. The van der Waals surface area contributed by atoms with E-state index in [1.807, 2.05) is 6.07 Å². The van der Waals surface area contributed by atoms with Crippen LogP contribution in [0.15, 0.2) is 28.7 Å². The fourth-order valence-corrected chi connectivity index (χ4v) is 3.94. The molecule has 1 radical (unpaired) electrons. The maximum absolute atomic E-state index is 10.9. The number of hydrogen-bond donors (Lipinski definition) is 0. The molecule has 0 amide bonds. The van der Waals surface area contributed by atoms with E-state index >= 15 is 0 Å². The van der Waals surface area contributed by atoms with Crippen LogP contribution in [0.4, 0.5) is 0 Å². The number of halogens is 1. The first-order valence-electron chi connectivity index (χ1n) is 8.46. The number of thioether (sulfide) groups is 1. The third-order valence-corrected chi connectivity index (χ3v) is 5.68. The molecule has 0 spiro atoms. The zero-order valence-corrected chi connectivity index (χ0v) is 20.8. The number of hydrogen-bond acceptors (Lipinski definition) is 3. The summed E-state index contributed by atoms with van der Waals surface area (Å²) < 4.78 is 1.17. The second kappa shape index (κ2) is 18.8. The average Bonchev–Trinajstić information content (AvgIpc) is 2.47. The van der Waals surface area contributed by atoms with Gasteiger partial charge in [-0.15, -0.1) is 0 Å². The van der Waals surface area contributed by atoms with Gasteiger partial charge in [-0.1, -0.05) is 76.0 Å². The summed E-state index contributed by atoms with van der Waals surface area (Å²) in [6.45, 7) is 12.8. The van der Waals surface area contributed by atoms with E-state index in [0.29, 0.717) is 17.2 Å². The van der Waals surface area contributed by atoms with Crippen LogP contribution in [0.5, 0.6) is 0 Å². The molecule has 1 fully saturated rings. The Balaban J connectivity index is -0.000000174. The van der Waals surface area contributed by atoms with Crippen molar-refractivity contribution in [1.82, 2.24) is 4.90 Å². The molecule has 2 rings (SSSR count). The van der Waals surface area contributed by atoms with Crippen molar-refractivity contribution in [3.05, 3.63) is 34.3 Å². The molecule has 1 saturated heterocycles. The van der Waals surface area contributed by atoms with E-state index in [2.05, 4.69) is 66.7 Å². The van der Waals surface area contributed by atoms with Crippen molar-refractivity contribution >= 4 is 32.8 Å². The molecule has 0 aromatic heterocycles. The van der Waals surface area contributed by atoms with Crippen LogP contribution in [-0.2, 0) is 37.5 Å². The van der Waals surface area contributed by atoms with Gasteiger partial charge in [-0.3, -0.25) is 4.79 Å². The maximum Gasteiger partial charge on any atom is 0.186 e. The van der Waals surface area contributed by atoms with E-state index in [0.717, 1.165) is 13.1 Å². The summed E-state index contributed by atoms with van der Waals surface area (Å²) in [4.78, 5) is 13.4. The molecular formula is C22H42BrNOSY. The van der Waals surface area contributed by atoms with Crippen molar-refractivity contribution in [1.29, 1.82) is 0 Å². The molecule has 2 nitrogen and oxygen atoms in total. The van der Waals surface area contributed by atoms with E-state index in [-0.39, 0.29) is 60.1 Å². The number of nitrogens with zero attached hydrogens (tertiary/aromatic N) is 1. The number of carbonyl (C=O) groups excluding carboxylic acids is 1. The first-order valence-corrected chi connectivity index (χ1v) is 10.1. The summed E-state index contributed by atoms with van der Waals surface area (Å²) in [5.74, 6) is 0.623.